The van der Waals surface area contributed by atoms with E-state index in [0.29, 0.717) is 5.56 Å². The van der Waals surface area contributed by atoms with Gasteiger partial charge in [0.2, 0.25) is 0 Å². The normalized spacial score (nSPS) is 10.6. The van der Waals surface area contributed by atoms with Crippen molar-refractivity contribution in [2.45, 2.75) is 0 Å². The summed E-state index contributed by atoms with van der Waals surface area (Å²) < 4.78 is 20.1. The number of hydrogen-bond acceptors (Lipinski definition) is 4. The van der Waals surface area contributed by atoms with Gasteiger partial charge in [-0.05, 0) is 30.3 Å². The van der Waals surface area contributed by atoms with Gasteiger partial charge in [0.25, 0.3) is 11.8 Å². The van der Waals surface area contributed by atoms with Crippen molar-refractivity contribution in [1.29, 1.82) is 0 Å². The number of nitrogens with one attached hydrogen (secondary N) is 2. The zero-order chi connectivity index (χ0) is 19.8. The standard InChI is InChI=1S/C20H17FN4O3/c21-17-8-4-5-9-18(17)28-14-20(27)24-23-19(26)11-10-15-12-22-25(13-15)16-6-2-1-3-7-16/h1-13H,14H2,(H,23,26)(H,24,27)/b11-10+. The summed E-state index contributed by atoms with van der Waals surface area (Å²) >= 11 is 0. The maximum Gasteiger partial charge on any atom is 0.276 e. The molecule has 8 heteroatoms. The molecule has 0 saturated carbocycles. The van der Waals surface area contributed by atoms with E-state index in [0.717, 1.165) is 5.69 Å². The predicted octanol–water partition coefficient (Wildman–Crippen LogP) is 2.25. The Morgan fingerprint density at radius 3 is 2.61 bits per heavy atom. The smallest absolute Gasteiger partial charge is 0.276 e. The molecular formula is C20H17FN4O3. The van der Waals surface area contributed by atoms with Crippen LogP contribution in [0.3, 0.4) is 0 Å². The summed E-state index contributed by atoms with van der Waals surface area (Å²) in [6.45, 7) is -0.436. The first-order chi connectivity index (χ1) is 13.6. The van der Waals surface area contributed by atoms with Crippen molar-refractivity contribution in [3.63, 3.8) is 0 Å². The molecule has 1 aromatic heterocycles. The van der Waals surface area contributed by atoms with Gasteiger partial charge in [-0.1, -0.05) is 30.3 Å². The molecule has 7 nitrogen and oxygen atoms in total. The van der Waals surface area contributed by atoms with E-state index >= 15 is 0 Å². The van der Waals surface area contributed by atoms with Crippen molar-refractivity contribution in [2.75, 3.05) is 6.61 Å². The highest BCUT2D eigenvalue weighted by molar-refractivity contribution is 5.93. The molecule has 3 rings (SSSR count). The van der Waals surface area contributed by atoms with Gasteiger partial charge in [0.1, 0.15) is 0 Å². The summed E-state index contributed by atoms with van der Waals surface area (Å²) in [5.41, 5.74) is 6.01. The topological polar surface area (TPSA) is 85.3 Å². The van der Waals surface area contributed by atoms with E-state index in [1.54, 1.807) is 29.2 Å². The Bertz CT molecular complexity index is 986. The Morgan fingerprint density at radius 2 is 1.82 bits per heavy atom. The number of halogens is 1. The molecule has 0 bridgehead atoms. The fourth-order valence-electron chi connectivity index (χ4n) is 2.23. The van der Waals surface area contributed by atoms with Gasteiger partial charge >= 0.3 is 0 Å². The molecule has 0 unspecified atom stereocenters. The van der Waals surface area contributed by atoms with Crippen LogP contribution in [-0.2, 0) is 9.59 Å². The van der Waals surface area contributed by atoms with E-state index in [2.05, 4.69) is 16.0 Å². The van der Waals surface area contributed by atoms with Crippen LogP contribution in [0.4, 0.5) is 4.39 Å². The monoisotopic (exact) mass is 380 g/mol. The fraction of sp³-hybridized carbons (Fsp3) is 0.0500. The summed E-state index contributed by atoms with van der Waals surface area (Å²) in [5.74, 6) is -1.77. The van der Waals surface area contributed by atoms with Gasteiger partial charge in [0.15, 0.2) is 18.2 Å². The van der Waals surface area contributed by atoms with Crippen LogP contribution >= 0.6 is 0 Å². The molecule has 2 N–H and O–H groups in total. The average Bonchev–Trinajstić information content (AvgIpc) is 3.20. The number of hydrazine groups is 1. The lowest BCUT2D eigenvalue weighted by Crippen LogP contribution is -2.43. The number of nitrogens with zero attached hydrogens (tertiary/aromatic N) is 2. The van der Waals surface area contributed by atoms with Gasteiger partial charge in [0, 0.05) is 17.8 Å². The molecule has 3 aromatic rings. The van der Waals surface area contributed by atoms with Crippen molar-refractivity contribution in [3.8, 4) is 11.4 Å². The lowest BCUT2D eigenvalue weighted by atomic mass is 10.3. The zero-order valence-corrected chi connectivity index (χ0v) is 14.7. The number of rotatable bonds is 6. The minimum Gasteiger partial charge on any atom is -0.481 e. The zero-order valence-electron chi connectivity index (χ0n) is 14.7. The molecule has 2 aromatic carbocycles. The predicted molar refractivity (Wildman–Crippen MR) is 101 cm³/mol. The molecule has 0 fully saturated rings. The third kappa shape index (κ3) is 5.28. The number of benzene rings is 2. The van der Waals surface area contributed by atoms with Gasteiger partial charge in [-0.3, -0.25) is 20.4 Å². The van der Waals surface area contributed by atoms with Crippen molar-refractivity contribution >= 4 is 17.9 Å². The lowest BCUT2D eigenvalue weighted by molar-refractivity contribution is -0.128. The molecule has 0 radical (unpaired) electrons. The molecule has 0 atom stereocenters. The van der Waals surface area contributed by atoms with Crippen LogP contribution in [0.15, 0.2) is 73.1 Å². The van der Waals surface area contributed by atoms with Crippen LogP contribution in [0.5, 0.6) is 5.75 Å². The Hall–Kier alpha value is -3.94. The molecule has 28 heavy (non-hydrogen) atoms. The molecule has 1 heterocycles. The minimum absolute atomic E-state index is 0.0423. The minimum atomic E-state index is -0.623. The number of carbonyl (C=O) groups excluding carboxylic acids is 2. The van der Waals surface area contributed by atoms with Gasteiger partial charge in [0.05, 0.1) is 11.9 Å². The van der Waals surface area contributed by atoms with Crippen LogP contribution < -0.4 is 15.6 Å². The summed E-state index contributed by atoms with van der Waals surface area (Å²) in [5, 5.41) is 4.22. The van der Waals surface area contributed by atoms with Gasteiger partial charge in [-0.2, -0.15) is 5.10 Å². The van der Waals surface area contributed by atoms with Crippen LogP contribution in [0.2, 0.25) is 0 Å². The third-order valence-corrected chi connectivity index (χ3v) is 3.57. The quantitative estimate of drug-likeness (QED) is 0.507. The van der Waals surface area contributed by atoms with E-state index in [1.165, 1.54) is 24.3 Å². The van der Waals surface area contributed by atoms with E-state index in [1.807, 2.05) is 30.3 Å². The highest BCUT2D eigenvalue weighted by Crippen LogP contribution is 2.14. The van der Waals surface area contributed by atoms with Crippen LogP contribution in [-0.4, -0.2) is 28.2 Å². The molecule has 142 valence electrons. The molecule has 0 saturated heterocycles. The van der Waals surface area contributed by atoms with Crippen molar-refractivity contribution in [3.05, 3.63) is 84.4 Å². The van der Waals surface area contributed by atoms with E-state index in [4.69, 9.17) is 4.74 Å². The molecule has 0 spiro atoms. The maximum atomic E-state index is 13.4. The van der Waals surface area contributed by atoms with Crippen LogP contribution in [0.25, 0.3) is 11.8 Å². The third-order valence-electron chi connectivity index (χ3n) is 3.57. The molecule has 0 aliphatic carbocycles. The summed E-state index contributed by atoms with van der Waals surface area (Å²) in [7, 11) is 0. The first kappa shape index (κ1) is 18.8. The number of carbonyl (C=O) groups is 2. The Balaban J connectivity index is 1.44. The molecule has 0 aliphatic rings. The van der Waals surface area contributed by atoms with Crippen molar-refractivity contribution < 1.29 is 18.7 Å². The average molecular weight is 380 g/mol. The van der Waals surface area contributed by atoms with E-state index < -0.39 is 24.2 Å². The summed E-state index contributed by atoms with van der Waals surface area (Å²) in [6, 6.07) is 15.3. The number of aromatic nitrogens is 2. The number of hydrogen-bond donors (Lipinski definition) is 2. The van der Waals surface area contributed by atoms with E-state index in [9.17, 15) is 14.0 Å². The summed E-state index contributed by atoms with van der Waals surface area (Å²) in [4.78, 5) is 23.4. The van der Waals surface area contributed by atoms with Crippen LogP contribution in [0.1, 0.15) is 5.56 Å². The first-order valence-corrected chi connectivity index (χ1v) is 8.36. The SMILES string of the molecule is O=C(/C=C/c1cnn(-c2ccccc2)c1)NNC(=O)COc1ccccc1F. The highest BCUT2D eigenvalue weighted by atomic mass is 19.1. The molecular weight excluding hydrogens is 363 g/mol. The Labute approximate surface area is 160 Å². The first-order valence-electron chi connectivity index (χ1n) is 8.36. The number of para-hydroxylation sites is 2. The fourth-order valence-corrected chi connectivity index (χ4v) is 2.23. The second-order valence-electron chi connectivity index (χ2n) is 5.64. The van der Waals surface area contributed by atoms with Gasteiger partial charge < -0.3 is 4.74 Å². The van der Waals surface area contributed by atoms with Crippen molar-refractivity contribution in [1.82, 2.24) is 20.6 Å². The van der Waals surface area contributed by atoms with Crippen LogP contribution in [0, 0.1) is 5.82 Å². The maximum absolute atomic E-state index is 13.4. The van der Waals surface area contributed by atoms with Crippen molar-refractivity contribution in [2.24, 2.45) is 0 Å². The second-order valence-corrected chi connectivity index (χ2v) is 5.64. The summed E-state index contributed by atoms with van der Waals surface area (Å²) in [6.07, 6.45) is 6.19. The second kappa shape index (κ2) is 9.13. The van der Waals surface area contributed by atoms with E-state index in [-0.39, 0.29) is 5.75 Å². The Morgan fingerprint density at radius 1 is 1.07 bits per heavy atom. The molecule has 2 amide bonds. The van der Waals surface area contributed by atoms with Gasteiger partial charge in [-0.25, -0.2) is 9.07 Å². The van der Waals surface area contributed by atoms with Gasteiger partial charge in [-0.15, -0.1) is 0 Å². The number of ether oxygens (including phenoxy) is 1. The highest BCUT2D eigenvalue weighted by Gasteiger charge is 2.07. The lowest BCUT2D eigenvalue weighted by Gasteiger charge is -2.08. The molecule has 0 aliphatic heterocycles. The number of amides is 2. The largest absolute Gasteiger partial charge is 0.481 e. The Kier molecular flexibility index (Phi) is 6.14.